The van der Waals surface area contributed by atoms with Gasteiger partial charge in [-0.1, -0.05) is 0 Å². The van der Waals surface area contributed by atoms with Crippen molar-refractivity contribution in [3.05, 3.63) is 30.1 Å². The number of nitrogens with one attached hydrogen (secondary N) is 1. The maximum Gasteiger partial charge on any atom is 0.173 e. The van der Waals surface area contributed by atoms with E-state index in [1.165, 1.54) is 12.1 Å². The number of nitrogens with zero attached hydrogens (tertiary/aromatic N) is 2. The molecule has 2 saturated heterocycles. The summed E-state index contributed by atoms with van der Waals surface area (Å²) in [7, 11) is -2.84. The summed E-state index contributed by atoms with van der Waals surface area (Å²) in [6.07, 6.45) is 0.737. The van der Waals surface area contributed by atoms with E-state index in [2.05, 4.69) is 15.1 Å². The maximum atomic E-state index is 12.9. The highest BCUT2D eigenvalue weighted by Crippen LogP contribution is 2.19. The summed E-state index contributed by atoms with van der Waals surface area (Å²) in [5, 5.41) is 3.73. The number of piperazine rings is 1. The van der Waals surface area contributed by atoms with Crippen molar-refractivity contribution in [1.29, 1.82) is 0 Å². The molecule has 1 atom stereocenters. The number of sulfone groups is 1. The van der Waals surface area contributed by atoms with Crippen molar-refractivity contribution in [1.82, 2.24) is 9.80 Å². The fourth-order valence-corrected chi connectivity index (χ4v) is 5.15. The van der Waals surface area contributed by atoms with E-state index in [1.807, 2.05) is 0 Å². The Bertz CT molecular complexity index is 670. The Morgan fingerprint density at radius 3 is 2.39 bits per heavy atom. The zero-order chi connectivity index (χ0) is 16.4. The molecule has 2 fully saturated rings. The molecule has 0 amide bonds. The van der Waals surface area contributed by atoms with E-state index >= 15 is 0 Å². The molecule has 126 valence electrons. The first-order valence-corrected chi connectivity index (χ1v) is 9.92. The van der Waals surface area contributed by atoms with Gasteiger partial charge in [-0.05, 0) is 42.9 Å². The molecule has 5 nitrogen and oxygen atoms in total. The van der Waals surface area contributed by atoms with Crippen LogP contribution in [0.3, 0.4) is 0 Å². The number of anilines is 1. The van der Waals surface area contributed by atoms with Gasteiger partial charge in [-0.3, -0.25) is 4.90 Å². The first-order valence-electron chi connectivity index (χ1n) is 7.69. The first-order chi connectivity index (χ1) is 10.9. The third-order valence-electron chi connectivity index (χ3n) is 4.42. The van der Waals surface area contributed by atoms with Crippen LogP contribution in [0, 0.1) is 5.82 Å². The molecule has 23 heavy (non-hydrogen) atoms. The Kier molecular flexibility index (Phi) is 4.84. The lowest BCUT2D eigenvalue weighted by Crippen LogP contribution is -2.53. The fraction of sp³-hybridized carbons (Fsp3) is 0.533. The van der Waals surface area contributed by atoms with E-state index in [4.69, 9.17) is 12.2 Å². The monoisotopic (exact) mass is 357 g/mol. The van der Waals surface area contributed by atoms with Gasteiger partial charge in [0.15, 0.2) is 14.9 Å². The number of benzene rings is 1. The molecule has 8 heteroatoms. The van der Waals surface area contributed by atoms with Crippen molar-refractivity contribution < 1.29 is 12.8 Å². The van der Waals surface area contributed by atoms with Gasteiger partial charge in [-0.25, -0.2) is 12.8 Å². The van der Waals surface area contributed by atoms with Crippen molar-refractivity contribution >= 4 is 32.9 Å². The standard InChI is InChI=1S/C15H20FN3O2S2/c16-12-1-3-13(4-2-12)17-15(22)19-8-6-18(7-9-19)14-5-10-23(20,21)11-14/h1-4,14H,5-11H2,(H,17,22)/t14-/m0/s1. The number of hydrogen-bond acceptors (Lipinski definition) is 4. The van der Waals surface area contributed by atoms with E-state index < -0.39 is 9.84 Å². The van der Waals surface area contributed by atoms with Gasteiger partial charge in [0.1, 0.15) is 5.82 Å². The van der Waals surface area contributed by atoms with Crippen molar-refractivity contribution in [3.63, 3.8) is 0 Å². The van der Waals surface area contributed by atoms with Gasteiger partial charge in [0, 0.05) is 37.9 Å². The van der Waals surface area contributed by atoms with Gasteiger partial charge in [-0.15, -0.1) is 0 Å². The van der Waals surface area contributed by atoms with E-state index in [0.717, 1.165) is 38.3 Å². The molecule has 0 spiro atoms. The summed E-state index contributed by atoms with van der Waals surface area (Å²) >= 11 is 5.41. The van der Waals surface area contributed by atoms with Crippen LogP contribution >= 0.6 is 12.2 Å². The number of hydrogen-bond donors (Lipinski definition) is 1. The molecule has 2 heterocycles. The molecule has 3 rings (SSSR count). The summed E-state index contributed by atoms with van der Waals surface area (Å²) in [5.74, 6) is 0.315. The molecule has 2 aliphatic heterocycles. The predicted octanol–water partition coefficient (Wildman–Crippen LogP) is 1.33. The Balaban J connectivity index is 1.50. The van der Waals surface area contributed by atoms with Crippen molar-refractivity contribution in [2.75, 3.05) is 43.0 Å². The summed E-state index contributed by atoms with van der Waals surface area (Å²) in [4.78, 5) is 4.32. The van der Waals surface area contributed by atoms with Crippen LogP contribution in [0.5, 0.6) is 0 Å². The van der Waals surface area contributed by atoms with E-state index in [0.29, 0.717) is 10.9 Å². The molecule has 0 aliphatic carbocycles. The van der Waals surface area contributed by atoms with Crippen LogP contribution in [0.1, 0.15) is 6.42 Å². The molecule has 0 saturated carbocycles. The molecule has 0 aromatic heterocycles. The molecule has 0 bridgehead atoms. The minimum atomic E-state index is -2.84. The van der Waals surface area contributed by atoms with E-state index in [1.54, 1.807) is 12.1 Å². The summed E-state index contributed by atoms with van der Waals surface area (Å²) in [6, 6.07) is 6.25. The smallest absolute Gasteiger partial charge is 0.173 e. The topological polar surface area (TPSA) is 52.7 Å². The highest BCUT2D eigenvalue weighted by molar-refractivity contribution is 7.91. The zero-order valence-corrected chi connectivity index (χ0v) is 14.4. The lowest BCUT2D eigenvalue weighted by molar-refractivity contribution is 0.144. The second-order valence-electron chi connectivity index (χ2n) is 6.02. The van der Waals surface area contributed by atoms with Crippen molar-refractivity contribution in [2.45, 2.75) is 12.5 Å². The maximum absolute atomic E-state index is 12.9. The van der Waals surface area contributed by atoms with Crippen molar-refractivity contribution in [3.8, 4) is 0 Å². The Morgan fingerprint density at radius 2 is 1.83 bits per heavy atom. The second-order valence-corrected chi connectivity index (χ2v) is 8.63. The Hall–Kier alpha value is -1.25. The molecule has 2 aliphatic rings. The third-order valence-corrected chi connectivity index (χ3v) is 6.53. The highest BCUT2D eigenvalue weighted by atomic mass is 32.2. The Labute approximate surface area is 141 Å². The molecule has 1 N–H and O–H groups in total. The molecule has 0 radical (unpaired) electrons. The SMILES string of the molecule is O=S1(=O)CC[C@H](N2CCN(C(=S)Nc3ccc(F)cc3)CC2)C1. The summed E-state index contributed by atoms with van der Waals surface area (Å²) in [5.41, 5.74) is 0.765. The largest absolute Gasteiger partial charge is 0.346 e. The average molecular weight is 357 g/mol. The van der Waals surface area contributed by atoms with Crippen LogP contribution in [0.4, 0.5) is 10.1 Å². The number of thiocarbonyl (C=S) groups is 1. The van der Waals surface area contributed by atoms with Gasteiger partial charge >= 0.3 is 0 Å². The van der Waals surface area contributed by atoms with Crippen LogP contribution in [-0.2, 0) is 9.84 Å². The van der Waals surface area contributed by atoms with Crippen LogP contribution in [0.25, 0.3) is 0 Å². The minimum Gasteiger partial charge on any atom is -0.346 e. The third kappa shape index (κ3) is 4.19. The number of halogens is 1. The van der Waals surface area contributed by atoms with Gasteiger partial charge in [0.05, 0.1) is 11.5 Å². The normalized spacial score (nSPS) is 24.6. The average Bonchev–Trinajstić information content (AvgIpc) is 2.90. The highest BCUT2D eigenvalue weighted by Gasteiger charge is 2.33. The van der Waals surface area contributed by atoms with Gasteiger partial charge in [0.2, 0.25) is 0 Å². The number of rotatable bonds is 2. The van der Waals surface area contributed by atoms with E-state index in [-0.39, 0.29) is 17.6 Å². The quantitative estimate of drug-likeness (QED) is 0.806. The fourth-order valence-electron chi connectivity index (χ4n) is 3.09. The van der Waals surface area contributed by atoms with Gasteiger partial charge < -0.3 is 10.2 Å². The predicted molar refractivity (Wildman–Crippen MR) is 92.8 cm³/mol. The zero-order valence-electron chi connectivity index (χ0n) is 12.7. The molecule has 0 unspecified atom stereocenters. The molecular formula is C15H20FN3O2S2. The molecule has 1 aromatic carbocycles. The van der Waals surface area contributed by atoms with E-state index in [9.17, 15) is 12.8 Å². The van der Waals surface area contributed by atoms with Gasteiger partial charge in [0.25, 0.3) is 0 Å². The second kappa shape index (κ2) is 6.70. The van der Waals surface area contributed by atoms with Crippen LogP contribution in [-0.4, -0.2) is 67.1 Å². The van der Waals surface area contributed by atoms with Crippen LogP contribution in [0.15, 0.2) is 24.3 Å². The lowest BCUT2D eigenvalue weighted by Gasteiger charge is -2.38. The lowest BCUT2D eigenvalue weighted by atomic mass is 10.2. The Morgan fingerprint density at radius 1 is 1.17 bits per heavy atom. The summed E-state index contributed by atoms with van der Waals surface area (Å²) in [6.45, 7) is 3.16. The summed E-state index contributed by atoms with van der Waals surface area (Å²) < 4.78 is 36.1. The van der Waals surface area contributed by atoms with Crippen LogP contribution in [0.2, 0.25) is 0 Å². The molecule has 1 aromatic rings. The van der Waals surface area contributed by atoms with Crippen molar-refractivity contribution in [2.24, 2.45) is 0 Å². The molecular weight excluding hydrogens is 337 g/mol. The van der Waals surface area contributed by atoms with Crippen LogP contribution < -0.4 is 5.32 Å². The van der Waals surface area contributed by atoms with Gasteiger partial charge in [-0.2, -0.15) is 0 Å². The minimum absolute atomic E-state index is 0.153. The first kappa shape index (κ1) is 16.6.